The first-order valence-corrected chi connectivity index (χ1v) is 9.46. The molecule has 3 heteroatoms. The van der Waals surface area contributed by atoms with Crippen LogP contribution in [0.5, 0.6) is 0 Å². The van der Waals surface area contributed by atoms with E-state index in [0.717, 1.165) is 26.2 Å². The van der Waals surface area contributed by atoms with Crippen LogP contribution in [-0.2, 0) is 6.54 Å². The number of nitrogens with one attached hydrogen (secondary N) is 1. The second-order valence-corrected chi connectivity index (χ2v) is 6.81. The van der Waals surface area contributed by atoms with E-state index in [1.54, 1.807) is 0 Å². The van der Waals surface area contributed by atoms with Crippen molar-refractivity contribution in [2.24, 2.45) is 0 Å². The van der Waals surface area contributed by atoms with Crippen LogP contribution in [-0.4, -0.2) is 30.6 Å². The average molecular weight is 309 g/mol. The van der Waals surface area contributed by atoms with E-state index in [2.05, 4.69) is 68.4 Å². The third-order valence-electron chi connectivity index (χ3n) is 4.56. The zero-order chi connectivity index (χ0) is 15.7. The van der Waals surface area contributed by atoms with Crippen LogP contribution in [0.2, 0.25) is 0 Å². The predicted molar refractivity (Wildman–Crippen MR) is 98.5 cm³/mol. The number of benzene rings is 1. The van der Waals surface area contributed by atoms with Gasteiger partial charge in [0, 0.05) is 36.6 Å². The zero-order valence-corrected chi connectivity index (χ0v) is 15.2. The third kappa shape index (κ3) is 5.23. The summed E-state index contributed by atoms with van der Waals surface area (Å²) < 4.78 is 0.390. The van der Waals surface area contributed by atoms with Gasteiger partial charge in [-0.2, -0.15) is 11.8 Å². The maximum atomic E-state index is 3.64. The Bertz CT molecular complexity index is 372. The van der Waals surface area contributed by atoms with Gasteiger partial charge in [0.25, 0.3) is 0 Å². The van der Waals surface area contributed by atoms with Gasteiger partial charge in [0.05, 0.1) is 0 Å². The molecule has 0 aliphatic carbocycles. The molecule has 1 N–H and O–H groups in total. The van der Waals surface area contributed by atoms with Crippen molar-refractivity contribution in [1.29, 1.82) is 0 Å². The minimum absolute atomic E-state index is 0.390. The SMILES string of the molecule is CCN(CC)c1ccc(CNCC(CC)(CC)SC)cc1. The molecule has 0 saturated carbocycles. The Morgan fingerprint density at radius 3 is 2.00 bits per heavy atom. The third-order valence-corrected chi connectivity index (χ3v) is 6.15. The average Bonchev–Trinajstić information content (AvgIpc) is 2.54. The standard InChI is InChI=1S/C18H32N2S/c1-6-18(7-2,21-5)15-19-14-16-10-12-17(13-11-16)20(8-3)9-4/h10-13,19H,6-9,14-15H2,1-5H3. The Morgan fingerprint density at radius 1 is 1.00 bits per heavy atom. The molecular formula is C18H32N2S. The summed E-state index contributed by atoms with van der Waals surface area (Å²) in [6.45, 7) is 13.2. The number of hydrogen-bond acceptors (Lipinski definition) is 3. The van der Waals surface area contributed by atoms with E-state index in [9.17, 15) is 0 Å². The number of hydrogen-bond donors (Lipinski definition) is 1. The zero-order valence-electron chi connectivity index (χ0n) is 14.4. The number of thioether (sulfide) groups is 1. The molecule has 0 heterocycles. The van der Waals surface area contributed by atoms with Crippen LogP contribution in [0.3, 0.4) is 0 Å². The summed E-state index contributed by atoms with van der Waals surface area (Å²) >= 11 is 2.00. The van der Waals surface area contributed by atoms with Gasteiger partial charge in [-0.25, -0.2) is 0 Å². The van der Waals surface area contributed by atoms with Crippen LogP contribution in [0, 0.1) is 0 Å². The summed E-state index contributed by atoms with van der Waals surface area (Å²) in [6.07, 6.45) is 4.67. The van der Waals surface area contributed by atoms with E-state index >= 15 is 0 Å². The van der Waals surface area contributed by atoms with Crippen molar-refractivity contribution in [3.8, 4) is 0 Å². The summed E-state index contributed by atoms with van der Waals surface area (Å²) in [4.78, 5) is 2.38. The first kappa shape index (κ1) is 18.4. The highest BCUT2D eigenvalue weighted by Gasteiger charge is 2.23. The molecule has 0 saturated heterocycles. The van der Waals surface area contributed by atoms with E-state index in [-0.39, 0.29) is 0 Å². The Labute approximate surface area is 135 Å². The van der Waals surface area contributed by atoms with E-state index in [1.165, 1.54) is 24.1 Å². The van der Waals surface area contributed by atoms with Gasteiger partial charge in [-0.05, 0) is 50.6 Å². The van der Waals surface area contributed by atoms with E-state index in [4.69, 9.17) is 0 Å². The first-order valence-electron chi connectivity index (χ1n) is 8.24. The molecule has 1 aromatic rings. The molecule has 1 rings (SSSR count). The number of nitrogens with zero attached hydrogens (tertiary/aromatic N) is 1. The van der Waals surface area contributed by atoms with Gasteiger partial charge in [0.15, 0.2) is 0 Å². The van der Waals surface area contributed by atoms with Crippen molar-refractivity contribution < 1.29 is 0 Å². The molecule has 2 nitrogen and oxygen atoms in total. The fourth-order valence-electron chi connectivity index (χ4n) is 2.71. The smallest absolute Gasteiger partial charge is 0.0366 e. The van der Waals surface area contributed by atoms with Crippen LogP contribution < -0.4 is 10.2 Å². The van der Waals surface area contributed by atoms with Gasteiger partial charge in [0.1, 0.15) is 0 Å². The molecule has 0 aliphatic heterocycles. The molecule has 0 atom stereocenters. The lowest BCUT2D eigenvalue weighted by atomic mass is 10.0. The Morgan fingerprint density at radius 2 is 1.57 bits per heavy atom. The van der Waals surface area contributed by atoms with Crippen molar-refractivity contribution >= 4 is 17.4 Å². The van der Waals surface area contributed by atoms with Crippen LogP contribution in [0.25, 0.3) is 0 Å². The van der Waals surface area contributed by atoms with Gasteiger partial charge in [-0.15, -0.1) is 0 Å². The van der Waals surface area contributed by atoms with Crippen molar-refractivity contribution in [3.63, 3.8) is 0 Å². The van der Waals surface area contributed by atoms with Gasteiger partial charge in [0.2, 0.25) is 0 Å². The lowest BCUT2D eigenvalue weighted by molar-refractivity contribution is 0.495. The first-order chi connectivity index (χ1) is 10.1. The minimum atomic E-state index is 0.390. The van der Waals surface area contributed by atoms with Crippen molar-refractivity contribution in [2.75, 3.05) is 30.8 Å². The normalized spacial score (nSPS) is 11.7. The summed E-state index contributed by atoms with van der Waals surface area (Å²) in [6, 6.07) is 8.98. The predicted octanol–water partition coefficient (Wildman–Crippen LogP) is 4.54. The lowest BCUT2D eigenvalue weighted by Gasteiger charge is -2.30. The molecule has 21 heavy (non-hydrogen) atoms. The Balaban J connectivity index is 2.53. The Kier molecular flexibility index (Phi) is 8.20. The molecule has 0 aromatic heterocycles. The molecule has 1 aromatic carbocycles. The number of anilines is 1. The van der Waals surface area contributed by atoms with Crippen molar-refractivity contribution in [3.05, 3.63) is 29.8 Å². The van der Waals surface area contributed by atoms with E-state index in [0.29, 0.717) is 4.75 Å². The lowest BCUT2D eigenvalue weighted by Crippen LogP contribution is -2.36. The topological polar surface area (TPSA) is 15.3 Å². The molecule has 0 spiro atoms. The molecule has 0 fully saturated rings. The van der Waals surface area contributed by atoms with Gasteiger partial charge in [-0.1, -0.05) is 26.0 Å². The summed E-state index contributed by atoms with van der Waals surface area (Å²) in [5.74, 6) is 0. The molecule has 0 bridgehead atoms. The second-order valence-electron chi connectivity index (χ2n) is 5.54. The fraction of sp³-hybridized carbons (Fsp3) is 0.667. The molecule has 0 amide bonds. The fourth-order valence-corrected chi connectivity index (χ4v) is 3.53. The molecule has 0 radical (unpaired) electrons. The maximum absolute atomic E-state index is 3.64. The molecular weight excluding hydrogens is 276 g/mol. The highest BCUT2D eigenvalue weighted by atomic mass is 32.2. The van der Waals surface area contributed by atoms with Crippen LogP contribution >= 0.6 is 11.8 Å². The minimum Gasteiger partial charge on any atom is -0.372 e. The second kappa shape index (κ2) is 9.37. The van der Waals surface area contributed by atoms with Crippen LogP contribution in [0.1, 0.15) is 46.1 Å². The highest BCUT2D eigenvalue weighted by molar-refractivity contribution is 8.00. The van der Waals surface area contributed by atoms with Gasteiger partial charge >= 0.3 is 0 Å². The van der Waals surface area contributed by atoms with E-state index in [1.807, 2.05) is 11.8 Å². The van der Waals surface area contributed by atoms with Crippen molar-refractivity contribution in [1.82, 2.24) is 5.32 Å². The van der Waals surface area contributed by atoms with E-state index < -0.39 is 0 Å². The quantitative estimate of drug-likeness (QED) is 0.683. The van der Waals surface area contributed by atoms with Crippen LogP contribution in [0.15, 0.2) is 24.3 Å². The highest BCUT2D eigenvalue weighted by Crippen LogP contribution is 2.29. The largest absolute Gasteiger partial charge is 0.372 e. The van der Waals surface area contributed by atoms with Crippen molar-refractivity contribution in [2.45, 2.75) is 51.8 Å². The summed E-state index contributed by atoms with van der Waals surface area (Å²) in [7, 11) is 0. The number of rotatable bonds is 10. The molecule has 0 aliphatic rings. The van der Waals surface area contributed by atoms with Gasteiger partial charge in [-0.3, -0.25) is 0 Å². The Hall–Kier alpha value is -0.670. The maximum Gasteiger partial charge on any atom is 0.0366 e. The van der Waals surface area contributed by atoms with Gasteiger partial charge < -0.3 is 10.2 Å². The molecule has 0 unspecified atom stereocenters. The molecule has 120 valence electrons. The monoisotopic (exact) mass is 308 g/mol. The summed E-state index contributed by atoms with van der Waals surface area (Å²) in [5, 5.41) is 3.64. The van der Waals surface area contributed by atoms with Crippen LogP contribution in [0.4, 0.5) is 5.69 Å². The summed E-state index contributed by atoms with van der Waals surface area (Å²) in [5.41, 5.74) is 2.69.